The Morgan fingerprint density at radius 1 is 1.10 bits per heavy atom. The lowest BCUT2D eigenvalue weighted by atomic mass is 10.0. The van der Waals surface area contributed by atoms with Crippen LogP contribution in [0.25, 0.3) is 28.8 Å². The second kappa shape index (κ2) is 9.64. The van der Waals surface area contributed by atoms with E-state index in [-0.39, 0.29) is 11.5 Å². The van der Waals surface area contributed by atoms with Crippen molar-refractivity contribution < 1.29 is 23.7 Å². The highest BCUT2D eigenvalue weighted by Gasteiger charge is 2.55. The Hall–Kier alpha value is -3.89. The molecule has 1 aromatic carbocycles. The number of carboxylic acid groups (broad SMARTS) is 1. The minimum Gasteiger partial charge on any atom is -0.497 e. The monoisotopic (exact) mass is 579 g/mol. The molecule has 7 rings (SSSR count). The Balaban J connectivity index is 1.07. The van der Waals surface area contributed by atoms with E-state index in [4.69, 9.17) is 37.0 Å². The maximum absolute atomic E-state index is 11.5. The van der Waals surface area contributed by atoms with Crippen molar-refractivity contribution in [1.29, 1.82) is 0 Å². The fourth-order valence-corrected chi connectivity index (χ4v) is 6.13. The van der Waals surface area contributed by atoms with Gasteiger partial charge in [0.15, 0.2) is 0 Å². The van der Waals surface area contributed by atoms with E-state index in [1.54, 1.807) is 18.5 Å². The van der Waals surface area contributed by atoms with Crippen LogP contribution in [-0.4, -0.2) is 51.6 Å². The van der Waals surface area contributed by atoms with Gasteiger partial charge in [0.05, 0.1) is 22.7 Å². The van der Waals surface area contributed by atoms with Gasteiger partial charge < -0.3 is 23.8 Å². The molecule has 3 aromatic heterocycles. The van der Waals surface area contributed by atoms with Crippen molar-refractivity contribution in [3.8, 4) is 28.5 Å². The molecular weight excluding hydrogens is 557 g/mol. The average molecular weight is 580 g/mol. The molecule has 3 aliphatic rings. The smallest absolute Gasteiger partial charge is 0.335 e. The molecule has 2 saturated carbocycles. The van der Waals surface area contributed by atoms with Crippen molar-refractivity contribution in [2.75, 3.05) is 25.1 Å². The minimum absolute atomic E-state index is 0.0837. The first-order valence-corrected chi connectivity index (χ1v) is 13.7. The molecule has 0 amide bonds. The van der Waals surface area contributed by atoms with E-state index in [0.717, 1.165) is 37.3 Å². The summed E-state index contributed by atoms with van der Waals surface area (Å²) < 4.78 is 16.5. The average Bonchev–Trinajstić information content (AvgIpc) is 3.68. The summed E-state index contributed by atoms with van der Waals surface area (Å²) in [5.41, 5.74) is 2.79. The molecule has 1 aliphatic heterocycles. The van der Waals surface area contributed by atoms with Gasteiger partial charge in [0, 0.05) is 48.1 Å². The quantitative estimate of drug-likeness (QED) is 0.262. The number of fused-ring (bicyclic) bond motifs is 1. The van der Waals surface area contributed by atoms with Crippen molar-refractivity contribution in [3.05, 3.63) is 63.6 Å². The molecule has 0 bridgehead atoms. The summed E-state index contributed by atoms with van der Waals surface area (Å²) in [5.74, 6) is 2.68. The predicted octanol–water partition coefficient (Wildman–Crippen LogP) is 6.07. The molecule has 4 heterocycles. The normalized spacial score (nSPS) is 21.7. The van der Waals surface area contributed by atoms with Crippen LogP contribution in [0.4, 0.5) is 5.95 Å². The van der Waals surface area contributed by atoms with Gasteiger partial charge in [-0.2, -0.15) is 4.98 Å². The Bertz CT molecular complexity index is 1630. The Morgan fingerprint density at radius 3 is 2.52 bits per heavy atom. The number of carbonyl (C=O) groups is 1. The molecule has 3 fully saturated rings. The van der Waals surface area contributed by atoms with Crippen molar-refractivity contribution in [1.82, 2.24) is 20.3 Å². The molecule has 2 unspecified atom stereocenters. The number of ether oxygens (including phenoxy) is 1. The summed E-state index contributed by atoms with van der Waals surface area (Å²) in [7, 11) is 1.48. The van der Waals surface area contributed by atoms with E-state index < -0.39 is 5.97 Å². The van der Waals surface area contributed by atoms with E-state index in [2.05, 4.69) is 37.3 Å². The van der Waals surface area contributed by atoms with Crippen LogP contribution in [0.15, 0.2) is 45.7 Å². The van der Waals surface area contributed by atoms with Crippen molar-refractivity contribution in [2.45, 2.75) is 18.8 Å². The number of aromatic nitrogens is 4. The number of halogens is 2. The van der Waals surface area contributed by atoms with Crippen LogP contribution in [0.5, 0.6) is 5.75 Å². The number of allylic oxidation sites excluding steroid dienone is 1. The Morgan fingerprint density at radius 2 is 1.85 bits per heavy atom. The van der Waals surface area contributed by atoms with Gasteiger partial charge >= 0.3 is 5.97 Å². The maximum atomic E-state index is 11.5. The van der Waals surface area contributed by atoms with Crippen molar-refractivity contribution in [2.24, 2.45) is 17.8 Å². The van der Waals surface area contributed by atoms with E-state index in [0.29, 0.717) is 62.2 Å². The molecule has 12 heteroatoms. The molecular formula is C28H23Cl2N5O5. The van der Waals surface area contributed by atoms with Crippen LogP contribution in [0.1, 0.15) is 40.4 Å². The first-order valence-electron chi connectivity index (χ1n) is 12.9. The van der Waals surface area contributed by atoms with E-state index in [1.807, 2.05) is 0 Å². The van der Waals surface area contributed by atoms with Crippen molar-refractivity contribution in [3.63, 3.8) is 0 Å². The third-order valence-corrected chi connectivity index (χ3v) is 8.45. The molecule has 1 N–H and O–H groups in total. The highest BCUT2D eigenvalue weighted by atomic mass is 35.5. The van der Waals surface area contributed by atoms with E-state index in [9.17, 15) is 9.90 Å². The topological polar surface area (TPSA) is 128 Å². The summed E-state index contributed by atoms with van der Waals surface area (Å²) in [6, 6.07) is 4.61. The van der Waals surface area contributed by atoms with Gasteiger partial charge in [-0.1, -0.05) is 40.5 Å². The van der Waals surface area contributed by atoms with Gasteiger partial charge in [0.1, 0.15) is 17.2 Å². The first-order chi connectivity index (χ1) is 19.4. The molecule has 0 radical (unpaired) electrons. The maximum Gasteiger partial charge on any atom is 0.335 e. The first kappa shape index (κ1) is 25.1. The summed E-state index contributed by atoms with van der Waals surface area (Å²) in [4.78, 5) is 22.2. The standard InChI is InChI=1S/C28H23Cl2N5O5/c1-38-16-7-14(6-15(8-16)27(36)37)26-32-28(34-40-26)35-11-19-17(20(19)12-35)4-5-18-24(33-39-25(18)13-2-3-13)23-21(29)9-31-10-22(23)30/h4-10,13,17,19-20H,2-3,11-12H2,1H3,(H,36,37). The highest BCUT2D eigenvalue weighted by molar-refractivity contribution is 6.39. The lowest BCUT2D eigenvalue weighted by Gasteiger charge is -2.15. The number of piperidine rings is 1. The number of methoxy groups -OCH3 is 1. The molecule has 4 aromatic rings. The predicted molar refractivity (Wildman–Crippen MR) is 147 cm³/mol. The van der Waals surface area contributed by atoms with Crippen LogP contribution >= 0.6 is 23.2 Å². The largest absolute Gasteiger partial charge is 0.497 e. The molecule has 1 saturated heterocycles. The molecule has 2 aliphatic carbocycles. The Labute approximate surface area is 238 Å². The second-order valence-electron chi connectivity index (χ2n) is 10.4. The molecule has 0 spiro atoms. The summed E-state index contributed by atoms with van der Waals surface area (Å²) >= 11 is 12.9. The molecule has 204 valence electrons. The second-order valence-corrected chi connectivity index (χ2v) is 11.2. The number of aromatic carboxylic acids is 1. The zero-order chi connectivity index (χ0) is 27.5. The number of rotatable bonds is 8. The van der Waals surface area contributed by atoms with Gasteiger partial charge in [-0.3, -0.25) is 4.98 Å². The zero-order valence-corrected chi connectivity index (χ0v) is 22.8. The lowest BCUT2D eigenvalue weighted by molar-refractivity contribution is 0.0696. The molecule has 2 atom stereocenters. The molecule has 10 nitrogen and oxygen atoms in total. The van der Waals surface area contributed by atoms with Crippen LogP contribution < -0.4 is 9.64 Å². The van der Waals surface area contributed by atoms with Gasteiger partial charge in [0.2, 0.25) is 0 Å². The number of pyridine rings is 1. The number of nitrogens with zero attached hydrogens (tertiary/aromatic N) is 5. The van der Waals surface area contributed by atoms with Crippen LogP contribution in [0.3, 0.4) is 0 Å². The minimum atomic E-state index is -1.06. The number of carboxylic acids is 1. The Kier molecular flexibility index (Phi) is 6.05. The van der Waals surface area contributed by atoms with Crippen LogP contribution in [0.2, 0.25) is 10.0 Å². The SMILES string of the molecule is COc1cc(C(=O)O)cc(-c2nc(N3CC4C(C=Cc5c(-c6c(Cl)cncc6Cl)noc5C5CC5)C4C3)no2)c1. The third kappa shape index (κ3) is 4.41. The lowest BCUT2D eigenvalue weighted by Crippen LogP contribution is -2.24. The number of anilines is 1. The summed E-state index contributed by atoms with van der Waals surface area (Å²) in [5, 5.41) is 18.8. The summed E-state index contributed by atoms with van der Waals surface area (Å²) in [6.07, 6.45) is 9.63. The van der Waals surface area contributed by atoms with Gasteiger partial charge in [-0.25, -0.2) is 4.79 Å². The number of benzene rings is 1. The fourth-order valence-electron chi connectivity index (χ4n) is 5.58. The zero-order valence-electron chi connectivity index (χ0n) is 21.3. The van der Waals surface area contributed by atoms with E-state index in [1.165, 1.54) is 19.2 Å². The number of hydrogen-bond donors (Lipinski definition) is 1. The van der Waals surface area contributed by atoms with Gasteiger partial charge in [0.25, 0.3) is 11.8 Å². The third-order valence-electron chi connectivity index (χ3n) is 7.87. The van der Waals surface area contributed by atoms with Crippen LogP contribution in [-0.2, 0) is 0 Å². The summed E-state index contributed by atoms with van der Waals surface area (Å²) in [6.45, 7) is 1.59. The highest BCUT2D eigenvalue weighted by Crippen LogP contribution is 2.54. The van der Waals surface area contributed by atoms with Gasteiger partial charge in [-0.05, 0) is 54.0 Å². The fraction of sp³-hybridized carbons (Fsp3) is 0.321. The molecule has 40 heavy (non-hydrogen) atoms. The number of hydrogen-bond acceptors (Lipinski definition) is 9. The van der Waals surface area contributed by atoms with Gasteiger partial charge in [-0.15, -0.1) is 0 Å². The van der Waals surface area contributed by atoms with Crippen molar-refractivity contribution >= 4 is 41.2 Å². The van der Waals surface area contributed by atoms with Crippen LogP contribution in [0, 0.1) is 17.8 Å². The van der Waals surface area contributed by atoms with E-state index >= 15 is 0 Å².